The van der Waals surface area contributed by atoms with Crippen LogP contribution < -0.4 is 10.2 Å². The Morgan fingerprint density at radius 2 is 2.00 bits per heavy atom. The number of benzene rings is 1. The van der Waals surface area contributed by atoms with Crippen LogP contribution in [0.5, 0.6) is 0 Å². The Kier molecular flexibility index (Phi) is 5.12. The van der Waals surface area contributed by atoms with E-state index >= 15 is 0 Å². The van der Waals surface area contributed by atoms with E-state index in [4.69, 9.17) is 4.98 Å². The Labute approximate surface area is 164 Å². The van der Waals surface area contributed by atoms with Crippen molar-refractivity contribution in [2.45, 2.75) is 39.2 Å². The highest BCUT2D eigenvalue weighted by molar-refractivity contribution is 7.13. The summed E-state index contributed by atoms with van der Waals surface area (Å²) in [6.07, 6.45) is 2.87. The summed E-state index contributed by atoms with van der Waals surface area (Å²) in [5, 5.41) is 4.43. The van der Waals surface area contributed by atoms with Gasteiger partial charge in [-0.15, -0.1) is 11.3 Å². The van der Waals surface area contributed by atoms with Gasteiger partial charge in [-0.2, -0.15) is 0 Å². The van der Waals surface area contributed by atoms with Gasteiger partial charge in [0.1, 0.15) is 0 Å². The summed E-state index contributed by atoms with van der Waals surface area (Å²) in [5.74, 6) is 0.0641. The molecule has 0 saturated carbocycles. The van der Waals surface area contributed by atoms with Crippen molar-refractivity contribution < 1.29 is 4.79 Å². The van der Waals surface area contributed by atoms with E-state index in [0.717, 1.165) is 48.4 Å². The Balaban J connectivity index is 1.46. The Morgan fingerprint density at radius 3 is 2.70 bits per heavy atom. The molecule has 1 aliphatic heterocycles. The van der Waals surface area contributed by atoms with E-state index in [2.05, 4.69) is 41.4 Å². The number of thiophene rings is 1. The number of amides is 1. The summed E-state index contributed by atoms with van der Waals surface area (Å²) in [4.78, 5) is 21.6. The molecular formula is C22H25N3OS. The summed E-state index contributed by atoms with van der Waals surface area (Å²) in [7, 11) is 0. The van der Waals surface area contributed by atoms with Crippen molar-refractivity contribution >= 4 is 33.8 Å². The SMILES string of the molecule is CCc1cc(N2CCC(NC(=O)c3ccc(C)s3)CC2)c2ccccc2n1. The van der Waals surface area contributed by atoms with Gasteiger partial charge in [-0.3, -0.25) is 9.78 Å². The molecule has 0 radical (unpaired) electrons. The van der Waals surface area contributed by atoms with E-state index in [-0.39, 0.29) is 11.9 Å². The highest BCUT2D eigenvalue weighted by Crippen LogP contribution is 2.29. The van der Waals surface area contributed by atoms with Crippen LogP contribution in [0.1, 0.15) is 40.0 Å². The summed E-state index contributed by atoms with van der Waals surface area (Å²) in [6.45, 7) is 6.08. The van der Waals surface area contributed by atoms with Gasteiger partial charge in [0.25, 0.3) is 5.91 Å². The molecule has 3 heterocycles. The molecular weight excluding hydrogens is 354 g/mol. The predicted molar refractivity (Wildman–Crippen MR) is 113 cm³/mol. The molecule has 5 heteroatoms. The fourth-order valence-electron chi connectivity index (χ4n) is 3.73. The molecule has 1 amide bonds. The zero-order chi connectivity index (χ0) is 18.8. The quantitative estimate of drug-likeness (QED) is 0.722. The fraction of sp³-hybridized carbons (Fsp3) is 0.364. The average molecular weight is 380 g/mol. The lowest BCUT2D eigenvalue weighted by molar-refractivity contribution is 0.0935. The van der Waals surface area contributed by atoms with Crippen molar-refractivity contribution in [3.8, 4) is 0 Å². The highest BCUT2D eigenvalue weighted by atomic mass is 32.1. The Hall–Kier alpha value is -2.40. The van der Waals surface area contributed by atoms with Crippen molar-refractivity contribution in [1.82, 2.24) is 10.3 Å². The maximum absolute atomic E-state index is 12.4. The number of pyridine rings is 1. The fourth-order valence-corrected chi connectivity index (χ4v) is 4.50. The largest absolute Gasteiger partial charge is 0.371 e. The zero-order valence-electron chi connectivity index (χ0n) is 15.9. The number of nitrogens with zero attached hydrogens (tertiary/aromatic N) is 2. The van der Waals surface area contributed by atoms with Crippen LogP contribution in [0.25, 0.3) is 10.9 Å². The number of piperidine rings is 1. The van der Waals surface area contributed by atoms with Crippen LogP contribution >= 0.6 is 11.3 Å². The number of rotatable bonds is 4. The monoisotopic (exact) mass is 379 g/mol. The molecule has 4 nitrogen and oxygen atoms in total. The van der Waals surface area contributed by atoms with E-state index in [1.54, 1.807) is 11.3 Å². The number of aryl methyl sites for hydroxylation is 2. The van der Waals surface area contributed by atoms with Gasteiger partial charge >= 0.3 is 0 Å². The van der Waals surface area contributed by atoms with Crippen molar-refractivity contribution in [3.63, 3.8) is 0 Å². The molecule has 27 heavy (non-hydrogen) atoms. The van der Waals surface area contributed by atoms with Crippen molar-refractivity contribution in [2.24, 2.45) is 0 Å². The molecule has 0 bridgehead atoms. The van der Waals surface area contributed by atoms with Crippen LogP contribution in [-0.4, -0.2) is 30.0 Å². The number of hydrogen-bond acceptors (Lipinski definition) is 4. The first kappa shape index (κ1) is 18.0. The van der Waals surface area contributed by atoms with E-state index < -0.39 is 0 Å². The Bertz CT molecular complexity index is 957. The van der Waals surface area contributed by atoms with Crippen LogP contribution in [0.2, 0.25) is 0 Å². The second-order valence-electron chi connectivity index (χ2n) is 7.15. The lowest BCUT2D eigenvalue weighted by atomic mass is 10.0. The lowest BCUT2D eigenvalue weighted by Crippen LogP contribution is -2.44. The van der Waals surface area contributed by atoms with Gasteiger partial charge in [0.05, 0.1) is 10.4 Å². The van der Waals surface area contributed by atoms with Gasteiger partial charge in [0, 0.05) is 40.8 Å². The highest BCUT2D eigenvalue weighted by Gasteiger charge is 2.23. The number of aromatic nitrogens is 1. The summed E-state index contributed by atoms with van der Waals surface area (Å²) in [6, 6.07) is 14.8. The van der Waals surface area contributed by atoms with Crippen molar-refractivity contribution in [2.75, 3.05) is 18.0 Å². The smallest absolute Gasteiger partial charge is 0.261 e. The maximum Gasteiger partial charge on any atom is 0.261 e. The molecule has 1 aromatic carbocycles. The number of para-hydroxylation sites is 1. The van der Waals surface area contributed by atoms with Crippen LogP contribution in [0.4, 0.5) is 5.69 Å². The van der Waals surface area contributed by atoms with Crippen LogP contribution in [0.3, 0.4) is 0 Å². The van der Waals surface area contributed by atoms with Gasteiger partial charge in [-0.25, -0.2) is 0 Å². The third-order valence-electron chi connectivity index (χ3n) is 5.24. The van der Waals surface area contributed by atoms with Gasteiger partial charge < -0.3 is 10.2 Å². The van der Waals surface area contributed by atoms with Gasteiger partial charge in [-0.05, 0) is 50.5 Å². The first-order valence-corrected chi connectivity index (χ1v) is 10.5. The molecule has 0 atom stereocenters. The second-order valence-corrected chi connectivity index (χ2v) is 8.44. The number of carbonyl (C=O) groups excluding carboxylic acids is 1. The standard InChI is InChI=1S/C22H25N3OS/c1-3-16-14-20(18-6-4-5-7-19(18)23-16)25-12-10-17(11-13-25)24-22(26)21-9-8-15(2)27-21/h4-9,14,17H,3,10-13H2,1-2H3,(H,24,26). The number of hydrogen-bond donors (Lipinski definition) is 1. The van der Waals surface area contributed by atoms with Crippen molar-refractivity contribution in [1.29, 1.82) is 0 Å². The molecule has 2 aromatic heterocycles. The molecule has 1 fully saturated rings. The first-order valence-electron chi connectivity index (χ1n) is 9.65. The number of anilines is 1. The minimum Gasteiger partial charge on any atom is -0.371 e. The molecule has 1 saturated heterocycles. The maximum atomic E-state index is 12.4. The number of carbonyl (C=O) groups is 1. The van der Waals surface area contributed by atoms with E-state index in [1.165, 1.54) is 16.0 Å². The molecule has 1 aliphatic rings. The molecule has 4 rings (SSSR count). The predicted octanol–water partition coefficient (Wildman–Crippen LogP) is 4.57. The minimum atomic E-state index is 0.0641. The zero-order valence-corrected chi connectivity index (χ0v) is 16.7. The van der Waals surface area contributed by atoms with Crippen LogP contribution in [-0.2, 0) is 6.42 Å². The first-order chi connectivity index (χ1) is 13.1. The number of nitrogens with one attached hydrogen (secondary N) is 1. The summed E-state index contributed by atoms with van der Waals surface area (Å²) < 4.78 is 0. The molecule has 3 aromatic rings. The van der Waals surface area contributed by atoms with Gasteiger partial charge in [0.15, 0.2) is 0 Å². The normalized spacial score (nSPS) is 15.3. The summed E-state index contributed by atoms with van der Waals surface area (Å²) >= 11 is 1.56. The molecule has 0 aliphatic carbocycles. The minimum absolute atomic E-state index is 0.0641. The van der Waals surface area contributed by atoms with E-state index in [0.29, 0.717) is 0 Å². The topological polar surface area (TPSA) is 45.2 Å². The molecule has 140 valence electrons. The third kappa shape index (κ3) is 3.83. The average Bonchev–Trinajstić information content (AvgIpc) is 3.14. The van der Waals surface area contributed by atoms with Crippen LogP contribution in [0, 0.1) is 6.92 Å². The van der Waals surface area contributed by atoms with E-state index in [1.807, 2.05) is 25.1 Å². The molecule has 1 N–H and O–H groups in total. The molecule has 0 spiro atoms. The Morgan fingerprint density at radius 1 is 1.22 bits per heavy atom. The number of fused-ring (bicyclic) bond motifs is 1. The van der Waals surface area contributed by atoms with Crippen molar-refractivity contribution in [3.05, 3.63) is 57.9 Å². The van der Waals surface area contributed by atoms with E-state index in [9.17, 15) is 4.79 Å². The third-order valence-corrected chi connectivity index (χ3v) is 6.24. The molecule has 0 unspecified atom stereocenters. The van der Waals surface area contributed by atoms with Gasteiger partial charge in [-0.1, -0.05) is 25.1 Å². The lowest BCUT2D eigenvalue weighted by Gasteiger charge is -2.34. The summed E-state index contributed by atoms with van der Waals surface area (Å²) in [5.41, 5.74) is 3.47. The van der Waals surface area contributed by atoms with Crippen LogP contribution in [0.15, 0.2) is 42.5 Å². The van der Waals surface area contributed by atoms with Gasteiger partial charge in [0.2, 0.25) is 0 Å². The second kappa shape index (κ2) is 7.69.